The zero-order valence-corrected chi connectivity index (χ0v) is 51.2. The van der Waals surface area contributed by atoms with E-state index in [0.717, 1.165) is 96.3 Å². The summed E-state index contributed by atoms with van der Waals surface area (Å²) in [7, 11) is 0. The Labute approximate surface area is 478 Å². The summed E-state index contributed by atoms with van der Waals surface area (Å²) in [6.45, 7) is 6.50. The maximum Gasteiger partial charge on any atom is 0.306 e. The van der Waals surface area contributed by atoms with Crippen LogP contribution in [0, 0.1) is 0 Å². The van der Waals surface area contributed by atoms with Crippen LogP contribution in [0.25, 0.3) is 0 Å². The SMILES string of the molecule is CC/C=C\C/C=C\C/C=C\CCCCCC(=O)OC(COC(=O)CCCCCCC/C=C\CCCCCC)COC(=O)CCCCCCCCCCCCCCCCCCCCCCC/C=C\C/C=C\CCCCCCC. The van der Waals surface area contributed by atoms with Crippen molar-refractivity contribution in [2.24, 2.45) is 0 Å². The van der Waals surface area contributed by atoms with Crippen molar-refractivity contribution in [3.63, 3.8) is 0 Å². The second-order valence-electron chi connectivity index (χ2n) is 22.3. The van der Waals surface area contributed by atoms with Crippen LogP contribution in [0.4, 0.5) is 0 Å². The van der Waals surface area contributed by atoms with Gasteiger partial charge in [0.15, 0.2) is 6.10 Å². The minimum Gasteiger partial charge on any atom is -0.462 e. The third-order valence-electron chi connectivity index (χ3n) is 14.7. The molecule has 6 heteroatoms. The number of carbonyl (C=O) groups is 3. The first-order valence-electron chi connectivity index (χ1n) is 33.4. The van der Waals surface area contributed by atoms with Crippen molar-refractivity contribution in [3.8, 4) is 0 Å². The number of esters is 3. The number of rotatable bonds is 61. The zero-order valence-electron chi connectivity index (χ0n) is 51.2. The Bertz CT molecular complexity index is 1420. The molecule has 0 amide bonds. The van der Waals surface area contributed by atoms with Crippen LogP contribution in [-0.2, 0) is 28.6 Å². The quantitative estimate of drug-likeness (QED) is 0.0261. The fourth-order valence-electron chi connectivity index (χ4n) is 9.66. The van der Waals surface area contributed by atoms with Crippen LogP contribution in [0.2, 0.25) is 0 Å². The Morgan fingerprint density at radius 2 is 0.506 bits per heavy atom. The Hall–Kier alpha value is -3.15. The molecule has 0 fully saturated rings. The molecule has 0 aliphatic rings. The van der Waals surface area contributed by atoms with Crippen LogP contribution >= 0.6 is 0 Å². The second kappa shape index (κ2) is 65.4. The van der Waals surface area contributed by atoms with Gasteiger partial charge < -0.3 is 14.2 Å². The van der Waals surface area contributed by atoms with E-state index in [1.54, 1.807) is 0 Å². The van der Waals surface area contributed by atoms with Gasteiger partial charge in [0.1, 0.15) is 13.2 Å². The molecule has 0 aromatic rings. The van der Waals surface area contributed by atoms with Gasteiger partial charge in [0.05, 0.1) is 0 Å². The van der Waals surface area contributed by atoms with Gasteiger partial charge >= 0.3 is 17.9 Å². The van der Waals surface area contributed by atoms with Gasteiger partial charge in [0.25, 0.3) is 0 Å². The molecule has 446 valence electrons. The first-order chi connectivity index (χ1) is 38.0. The lowest BCUT2D eigenvalue weighted by molar-refractivity contribution is -0.167. The monoisotopic (exact) mass is 1070 g/mol. The molecule has 0 aromatic heterocycles. The first-order valence-corrected chi connectivity index (χ1v) is 33.4. The fourth-order valence-corrected chi connectivity index (χ4v) is 9.66. The van der Waals surface area contributed by atoms with Gasteiger partial charge in [0.2, 0.25) is 0 Å². The summed E-state index contributed by atoms with van der Waals surface area (Å²) in [6, 6.07) is 0. The molecular weight excluding hydrogens is 949 g/mol. The van der Waals surface area contributed by atoms with E-state index >= 15 is 0 Å². The van der Waals surface area contributed by atoms with Crippen molar-refractivity contribution in [1.29, 1.82) is 0 Å². The van der Waals surface area contributed by atoms with Crippen molar-refractivity contribution in [2.45, 2.75) is 348 Å². The molecule has 0 aliphatic carbocycles. The molecule has 0 saturated carbocycles. The lowest BCUT2D eigenvalue weighted by Gasteiger charge is -2.18. The molecule has 0 radical (unpaired) electrons. The topological polar surface area (TPSA) is 78.9 Å². The minimum absolute atomic E-state index is 0.0869. The maximum absolute atomic E-state index is 12.8. The van der Waals surface area contributed by atoms with Crippen molar-refractivity contribution in [3.05, 3.63) is 72.9 Å². The van der Waals surface area contributed by atoms with Gasteiger partial charge in [-0.05, 0) is 109 Å². The minimum atomic E-state index is -0.792. The lowest BCUT2D eigenvalue weighted by atomic mass is 10.0. The van der Waals surface area contributed by atoms with Crippen LogP contribution in [0.1, 0.15) is 342 Å². The summed E-state index contributed by atoms with van der Waals surface area (Å²) < 4.78 is 16.9. The van der Waals surface area contributed by atoms with E-state index < -0.39 is 6.10 Å². The van der Waals surface area contributed by atoms with E-state index in [0.29, 0.717) is 19.3 Å². The third-order valence-corrected chi connectivity index (χ3v) is 14.7. The Morgan fingerprint density at radius 1 is 0.273 bits per heavy atom. The summed E-state index contributed by atoms with van der Waals surface area (Å²) in [5, 5.41) is 0. The summed E-state index contributed by atoms with van der Waals surface area (Å²) in [5.74, 6) is -0.912. The third kappa shape index (κ3) is 63.6. The molecule has 6 nitrogen and oxygen atoms in total. The molecule has 77 heavy (non-hydrogen) atoms. The highest BCUT2D eigenvalue weighted by atomic mass is 16.6. The van der Waals surface area contributed by atoms with Crippen LogP contribution < -0.4 is 0 Å². The number of hydrogen-bond acceptors (Lipinski definition) is 6. The lowest BCUT2D eigenvalue weighted by Crippen LogP contribution is -2.30. The summed E-state index contributed by atoms with van der Waals surface area (Å²) in [6.07, 6.45) is 85.2. The summed E-state index contributed by atoms with van der Waals surface area (Å²) >= 11 is 0. The van der Waals surface area contributed by atoms with Crippen LogP contribution in [0.5, 0.6) is 0 Å². The molecule has 0 saturated heterocycles. The standard InChI is InChI=1S/C71H126O6/c1-4-7-10-13-16-19-22-25-26-27-28-29-30-31-32-33-34-35-36-37-38-39-40-41-42-43-44-47-49-52-55-58-61-64-70(73)76-67-68(77-71(74)65-62-59-56-53-50-46-24-21-18-15-12-9-6-3)66-75-69(72)63-60-57-54-51-48-45-23-20-17-14-11-8-5-2/h9,12,18,20-23,25,27-28,46,50,68H,4-8,10-11,13-17,19,24,26,29-45,47-49,51-67H2,1-3H3/b12-9-,21-18-,23-20-,25-22-,28-27-,50-46-. The Balaban J connectivity index is 4.09. The Morgan fingerprint density at radius 3 is 0.831 bits per heavy atom. The van der Waals surface area contributed by atoms with Gasteiger partial charge in [-0.3, -0.25) is 14.4 Å². The zero-order chi connectivity index (χ0) is 55.7. The molecule has 0 rings (SSSR count). The second-order valence-corrected chi connectivity index (χ2v) is 22.3. The number of unbranched alkanes of at least 4 members (excludes halogenated alkanes) is 38. The molecular formula is C71H126O6. The Kier molecular flexibility index (Phi) is 62.7. The maximum atomic E-state index is 12.8. The largest absolute Gasteiger partial charge is 0.462 e. The predicted molar refractivity (Wildman–Crippen MR) is 335 cm³/mol. The number of ether oxygens (including phenoxy) is 3. The van der Waals surface area contributed by atoms with E-state index in [9.17, 15) is 14.4 Å². The summed E-state index contributed by atoms with van der Waals surface area (Å²) in [4.78, 5) is 38.2. The molecule has 0 bridgehead atoms. The highest BCUT2D eigenvalue weighted by Crippen LogP contribution is 2.17. The van der Waals surface area contributed by atoms with E-state index in [4.69, 9.17) is 14.2 Å². The average Bonchev–Trinajstić information content (AvgIpc) is 3.43. The van der Waals surface area contributed by atoms with Gasteiger partial charge in [0, 0.05) is 19.3 Å². The number of hydrogen-bond donors (Lipinski definition) is 0. The average molecular weight is 1080 g/mol. The molecule has 0 N–H and O–H groups in total. The first kappa shape index (κ1) is 73.8. The molecule has 1 unspecified atom stereocenters. The fraction of sp³-hybridized carbons (Fsp3) is 0.789. The van der Waals surface area contributed by atoms with Crippen LogP contribution in [0.3, 0.4) is 0 Å². The van der Waals surface area contributed by atoms with Gasteiger partial charge in [-0.25, -0.2) is 0 Å². The molecule has 0 aromatic carbocycles. The van der Waals surface area contributed by atoms with Gasteiger partial charge in [-0.15, -0.1) is 0 Å². The van der Waals surface area contributed by atoms with Crippen molar-refractivity contribution < 1.29 is 28.6 Å². The number of carbonyl (C=O) groups excluding carboxylic acids is 3. The van der Waals surface area contributed by atoms with Crippen LogP contribution in [0.15, 0.2) is 72.9 Å². The van der Waals surface area contributed by atoms with Crippen molar-refractivity contribution in [1.82, 2.24) is 0 Å². The van der Waals surface area contributed by atoms with Crippen LogP contribution in [-0.4, -0.2) is 37.2 Å². The van der Waals surface area contributed by atoms with Gasteiger partial charge in [-0.2, -0.15) is 0 Å². The molecule has 1 atom stereocenters. The van der Waals surface area contributed by atoms with Gasteiger partial charge in [-0.1, -0.05) is 286 Å². The highest BCUT2D eigenvalue weighted by Gasteiger charge is 2.19. The van der Waals surface area contributed by atoms with Crippen molar-refractivity contribution >= 4 is 17.9 Å². The molecule has 0 heterocycles. The van der Waals surface area contributed by atoms with Crippen molar-refractivity contribution in [2.75, 3.05) is 13.2 Å². The van der Waals surface area contributed by atoms with E-state index in [-0.39, 0.29) is 31.1 Å². The van der Waals surface area contributed by atoms with E-state index in [1.807, 2.05) is 0 Å². The highest BCUT2D eigenvalue weighted by molar-refractivity contribution is 5.71. The van der Waals surface area contributed by atoms with E-state index in [1.165, 1.54) is 205 Å². The normalized spacial score (nSPS) is 12.5. The summed E-state index contributed by atoms with van der Waals surface area (Å²) in [5.41, 5.74) is 0. The predicted octanol–water partition coefficient (Wildman–Crippen LogP) is 22.9. The molecule has 0 aliphatic heterocycles. The number of allylic oxidation sites excluding steroid dienone is 12. The molecule has 0 spiro atoms. The smallest absolute Gasteiger partial charge is 0.306 e. The van der Waals surface area contributed by atoms with E-state index in [2.05, 4.69) is 93.7 Å².